The predicted octanol–water partition coefficient (Wildman–Crippen LogP) is 5.11. The molecule has 0 radical (unpaired) electrons. The van der Waals surface area contributed by atoms with Gasteiger partial charge in [-0.15, -0.1) is 0 Å². The number of hydrogen-bond acceptors (Lipinski definition) is 2. The second-order valence-corrected chi connectivity index (χ2v) is 8.89. The van der Waals surface area contributed by atoms with E-state index < -0.39 is 9.84 Å². The molecule has 1 aromatic carbocycles. The van der Waals surface area contributed by atoms with E-state index in [2.05, 4.69) is 15.9 Å². The average Bonchev–Trinajstić information content (AvgIpc) is 2.42. The van der Waals surface area contributed by atoms with Gasteiger partial charge in [0, 0.05) is 10.4 Å². The van der Waals surface area contributed by atoms with Crippen LogP contribution in [0.1, 0.15) is 32.1 Å². The molecule has 1 aliphatic rings. The molecule has 0 atom stereocenters. The summed E-state index contributed by atoms with van der Waals surface area (Å²) >= 11 is 15.4. The third kappa shape index (κ3) is 3.70. The van der Waals surface area contributed by atoms with Gasteiger partial charge in [-0.05, 0) is 36.5 Å². The Morgan fingerprint density at radius 2 is 1.80 bits per heavy atom. The highest BCUT2D eigenvalue weighted by molar-refractivity contribution is 9.09. The maximum atomic E-state index is 12.7. The standard InChI is InChI=1S/C14H17BrCl2O2S/c15-9-14(6-2-1-3-7-14)10-20(18,19)13-8-11(16)4-5-12(13)17/h4-5,8H,1-3,6-7,9-10H2. The quantitative estimate of drug-likeness (QED) is 0.659. The van der Waals surface area contributed by atoms with E-state index in [1.54, 1.807) is 12.1 Å². The minimum absolute atomic E-state index is 0.130. The summed E-state index contributed by atoms with van der Waals surface area (Å²) in [6, 6.07) is 4.59. The maximum absolute atomic E-state index is 12.7. The molecule has 1 aliphatic carbocycles. The molecule has 0 aliphatic heterocycles. The smallest absolute Gasteiger partial charge is 0.180 e. The third-order valence-corrected chi connectivity index (χ3v) is 7.79. The van der Waals surface area contributed by atoms with Crippen LogP contribution < -0.4 is 0 Å². The number of hydrogen-bond donors (Lipinski definition) is 0. The van der Waals surface area contributed by atoms with Crippen molar-refractivity contribution in [3.05, 3.63) is 28.2 Å². The van der Waals surface area contributed by atoms with Crippen LogP contribution in [0.2, 0.25) is 10.0 Å². The molecular weight excluding hydrogens is 383 g/mol. The van der Waals surface area contributed by atoms with Crippen LogP contribution >= 0.6 is 39.1 Å². The summed E-state index contributed by atoms with van der Waals surface area (Å²) in [4.78, 5) is 0.151. The van der Waals surface area contributed by atoms with Gasteiger partial charge in [0.1, 0.15) is 0 Å². The Labute approximate surface area is 138 Å². The lowest BCUT2D eigenvalue weighted by Gasteiger charge is -2.35. The van der Waals surface area contributed by atoms with Crippen LogP contribution in [0.5, 0.6) is 0 Å². The minimum atomic E-state index is -3.43. The van der Waals surface area contributed by atoms with Crippen LogP contribution in [-0.4, -0.2) is 19.5 Å². The minimum Gasteiger partial charge on any atom is -0.224 e. The Bertz CT molecular complexity index is 581. The molecule has 20 heavy (non-hydrogen) atoms. The van der Waals surface area contributed by atoms with Gasteiger partial charge in [-0.1, -0.05) is 58.4 Å². The van der Waals surface area contributed by atoms with E-state index in [0.29, 0.717) is 10.4 Å². The maximum Gasteiger partial charge on any atom is 0.180 e. The Balaban J connectivity index is 2.32. The fourth-order valence-corrected chi connectivity index (χ4v) is 6.57. The summed E-state index contributed by atoms with van der Waals surface area (Å²) in [6.07, 6.45) is 5.24. The Morgan fingerprint density at radius 3 is 2.40 bits per heavy atom. The van der Waals surface area contributed by atoms with Gasteiger partial charge in [0.25, 0.3) is 0 Å². The fraction of sp³-hybridized carbons (Fsp3) is 0.571. The van der Waals surface area contributed by atoms with E-state index >= 15 is 0 Å². The van der Waals surface area contributed by atoms with Crippen LogP contribution in [0.3, 0.4) is 0 Å². The molecule has 0 spiro atoms. The lowest BCUT2D eigenvalue weighted by atomic mass is 9.77. The van der Waals surface area contributed by atoms with Crippen LogP contribution in [0.15, 0.2) is 23.1 Å². The first-order valence-electron chi connectivity index (χ1n) is 6.62. The zero-order valence-electron chi connectivity index (χ0n) is 11.0. The van der Waals surface area contributed by atoms with Gasteiger partial charge < -0.3 is 0 Å². The second kappa shape index (κ2) is 6.55. The normalized spacial score (nSPS) is 18.9. The van der Waals surface area contributed by atoms with E-state index in [9.17, 15) is 8.42 Å². The van der Waals surface area contributed by atoms with Crippen molar-refractivity contribution in [2.24, 2.45) is 5.41 Å². The zero-order chi connectivity index (χ0) is 14.8. The van der Waals surface area contributed by atoms with Crippen molar-refractivity contribution in [3.8, 4) is 0 Å². The highest BCUT2D eigenvalue weighted by Gasteiger charge is 2.37. The van der Waals surface area contributed by atoms with Crippen LogP contribution in [0.4, 0.5) is 0 Å². The summed E-state index contributed by atoms with van der Waals surface area (Å²) in [5, 5.41) is 1.34. The van der Waals surface area contributed by atoms with Crippen molar-refractivity contribution in [2.45, 2.75) is 37.0 Å². The average molecular weight is 400 g/mol. The lowest BCUT2D eigenvalue weighted by molar-refractivity contribution is 0.256. The first kappa shape index (κ1) is 16.6. The van der Waals surface area contributed by atoms with Gasteiger partial charge in [-0.3, -0.25) is 0 Å². The van der Waals surface area contributed by atoms with Gasteiger partial charge in [0.2, 0.25) is 0 Å². The SMILES string of the molecule is O=S(=O)(CC1(CBr)CCCCC1)c1cc(Cl)ccc1Cl. The highest BCUT2D eigenvalue weighted by atomic mass is 79.9. The highest BCUT2D eigenvalue weighted by Crippen LogP contribution is 2.41. The summed E-state index contributed by atoms with van der Waals surface area (Å²) in [6.45, 7) is 0. The molecule has 1 saturated carbocycles. The van der Waals surface area contributed by atoms with E-state index in [1.807, 2.05) is 0 Å². The number of benzene rings is 1. The summed E-state index contributed by atoms with van der Waals surface area (Å²) in [7, 11) is -3.43. The van der Waals surface area contributed by atoms with Crippen LogP contribution in [0, 0.1) is 5.41 Å². The molecule has 1 aromatic rings. The zero-order valence-corrected chi connectivity index (χ0v) is 15.0. The number of halogens is 3. The summed E-state index contributed by atoms with van der Waals surface area (Å²) < 4.78 is 25.3. The van der Waals surface area contributed by atoms with Crippen molar-refractivity contribution in [2.75, 3.05) is 11.1 Å². The first-order chi connectivity index (χ1) is 9.38. The molecule has 1 fully saturated rings. The van der Waals surface area contributed by atoms with Crippen molar-refractivity contribution in [1.82, 2.24) is 0 Å². The topological polar surface area (TPSA) is 34.1 Å². The van der Waals surface area contributed by atoms with Crippen molar-refractivity contribution in [1.29, 1.82) is 0 Å². The van der Waals surface area contributed by atoms with Crippen molar-refractivity contribution < 1.29 is 8.42 Å². The van der Waals surface area contributed by atoms with Gasteiger partial charge in [-0.25, -0.2) is 8.42 Å². The predicted molar refractivity (Wildman–Crippen MR) is 87.8 cm³/mol. The van der Waals surface area contributed by atoms with Gasteiger partial charge in [-0.2, -0.15) is 0 Å². The van der Waals surface area contributed by atoms with Crippen LogP contribution in [-0.2, 0) is 9.84 Å². The summed E-state index contributed by atoms with van der Waals surface area (Å²) in [5.41, 5.74) is -0.178. The molecule has 0 bridgehead atoms. The Hall–Kier alpha value is 0.230. The molecular formula is C14H17BrCl2O2S. The van der Waals surface area contributed by atoms with Gasteiger partial charge in [0.05, 0.1) is 15.7 Å². The molecule has 0 aromatic heterocycles. The third-order valence-electron chi connectivity index (χ3n) is 3.92. The molecule has 2 rings (SSSR count). The van der Waals surface area contributed by atoms with E-state index in [-0.39, 0.29) is 21.1 Å². The monoisotopic (exact) mass is 398 g/mol. The van der Waals surface area contributed by atoms with E-state index in [4.69, 9.17) is 23.2 Å². The molecule has 2 nitrogen and oxygen atoms in total. The summed E-state index contributed by atoms with van der Waals surface area (Å²) in [5.74, 6) is 0.130. The molecule has 112 valence electrons. The fourth-order valence-electron chi connectivity index (χ4n) is 2.81. The lowest BCUT2D eigenvalue weighted by Crippen LogP contribution is -2.34. The van der Waals surface area contributed by atoms with Gasteiger partial charge >= 0.3 is 0 Å². The van der Waals surface area contributed by atoms with Gasteiger partial charge in [0.15, 0.2) is 9.84 Å². The molecule has 0 N–H and O–H groups in total. The molecule has 0 heterocycles. The van der Waals surface area contributed by atoms with Crippen LogP contribution in [0.25, 0.3) is 0 Å². The molecule has 0 saturated heterocycles. The Morgan fingerprint density at radius 1 is 1.15 bits per heavy atom. The largest absolute Gasteiger partial charge is 0.224 e. The second-order valence-electron chi connectivity index (χ2n) is 5.53. The van der Waals surface area contributed by atoms with Crippen molar-refractivity contribution >= 4 is 49.0 Å². The number of alkyl halides is 1. The molecule has 0 unspecified atom stereocenters. The van der Waals surface area contributed by atoms with Crippen molar-refractivity contribution in [3.63, 3.8) is 0 Å². The first-order valence-corrected chi connectivity index (χ1v) is 10.2. The van der Waals surface area contributed by atoms with E-state index in [1.165, 1.54) is 12.5 Å². The molecule has 0 amide bonds. The van der Waals surface area contributed by atoms with E-state index in [0.717, 1.165) is 25.7 Å². The Kier molecular flexibility index (Phi) is 5.44. The number of rotatable bonds is 4. The molecule has 6 heteroatoms. The number of sulfone groups is 1.